The number of methoxy groups -OCH3 is 1. The molecule has 0 N–H and O–H groups in total. The highest BCUT2D eigenvalue weighted by Gasteiger charge is 2.33. The average Bonchev–Trinajstić information content (AvgIpc) is 3.12. The maximum absolute atomic E-state index is 12.7. The van der Waals surface area contributed by atoms with Crippen LogP contribution in [-0.2, 0) is 19.3 Å². The highest BCUT2D eigenvalue weighted by atomic mass is 35.5. The van der Waals surface area contributed by atoms with Crippen molar-refractivity contribution in [3.05, 3.63) is 64.2 Å². The Morgan fingerprint density at radius 1 is 1.23 bits per heavy atom. The van der Waals surface area contributed by atoms with Gasteiger partial charge in [-0.05, 0) is 42.3 Å². The van der Waals surface area contributed by atoms with E-state index in [0.29, 0.717) is 11.1 Å². The average molecular weight is 394 g/mol. The Hall–Kier alpha value is -2.38. The zero-order valence-electron chi connectivity index (χ0n) is 14.1. The third kappa shape index (κ3) is 3.45. The van der Waals surface area contributed by atoms with Gasteiger partial charge in [0.05, 0.1) is 29.1 Å². The van der Waals surface area contributed by atoms with Crippen LogP contribution in [-0.4, -0.2) is 33.3 Å². The SMILES string of the molecule is COC(=O)c1ccc(C2CN=C(S(=O)(=O)c3ccc(C)cc3Cl)O2)cc1. The van der Waals surface area contributed by atoms with E-state index in [4.69, 9.17) is 16.3 Å². The second-order valence-electron chi connectivity index (χ2n) is 5.76. The number of halogens is 1. The summed E-state index contributed by atoms with van der Waals surface area (Å²) in [5, 5.41) is -0.229. The van der Waals surface area contributed by atoms with Crippen molar-refractivity contribution < 1.29 is 22.7 Å². The van der Waals surface area contributed by atoms with Crippen molar-refractivity contribution in [1.82, 2.24) is 0 Å². The molecule has 8 heteroatoms. The molecule has 1 aliphatic heterocycles. The minimum Gasteiger partial charge on any atom is -0.465 e. The minimum atomic E-state index is -3.93. The molecule has 6 nitrogen and oxygen atoms in total. The standard InChI is InChI=1S/C18H16ClNO5S/c1-11-3-8-16(14(19)9-11)26(22,23)18-20-10-15(25-18)12-4-6-13(7-5-12)17(21)24-2/h3-9,15H,10H2,1-2H3. The number of sulfone groups is 1. The molecule has 0 aromatic heterocycles. The van der Waals surface area contributed by atoms with Gasteiger partial charge in [0.25, 0.3) is 9.84 Å². The van der Waals surface area contributed by atoms with Crippen molar-refractivity contribution in [2.24, 2.45) is 4.99 Å². The van der Waals surface area contributed by atoms with E-state index in [-0.39, 0.29) is 21.7 Å². The Bertz CT molecular complexity index is 983. The van der Waals surface area contributed by atoms with Crippen LogP contribution in [0, 0.1) is 6.92 Å². The molecule has 3 rings (SSSR count). The summed E-state index contributed by atoms with van der Waals surface area (Å²) >= 11 is 6.07. The van der Waals surface area contributed by atoms with E-state index in [9.17, 15) is 13.2 Å². The van der Waals surface area contributed by atoms with Crippen molar-refractivity contribution in [3.63, 3.8) is 0 Å². The molecule has 2 aromatic rings. The van der Waals surface area contributed by atoms with E-state index < -0.39 is 21.9 Å². The first kappa shape index (κ1) is 18.4. The predicted octanol–water partition coefficient (Wildman–Crippen LogP) is 3.34. The summed E-state index contributed by atoms with van der Waals surface area (Å²) in [6, 6.07) is 11.2. The minimum absolute atomic E-state index is 0.0368. The molecule has 1 aliphatic rings. The zero-order chi connectivity index (χ0) is 18.9. The summed E-state index contributed by atoms with van der Waals surface area (Å²) in [7, 11) is -2.63. The summed E-state index contributed by atoms with van der Waals surface area (Å²) in [6.45, 7) is 1.98. The molecule has 2 aromatic carbocycles. The topological polar surface area (TPSA) is 82.0 Å². The number of ether oxygens (including phenoxy) is 2. The van der Waals surface area contributed by atoms with Gasteiger partial charge >= 0.3 is 11.2 Å². The van der Waals surface area contributed by atoms with E-state index in [0.717, 1.165) is 5.56 Å². The van der Waals surface area contributed by atoms with Crippen molar-refractivity contribution >= 4 is 32.6 Å². The van der Waals surface area contributed by atoms with Gasteiger partial charge in [0.15, 0.2) is 0 Å². The van der Waals surface area contributed by atoms with Crippen LogP contribution < -0.4 is 0 Å². The van der Waals surface area contributed by atoms with Crippen molar-refractivity contribution in [3.8, 4) is 0 Å². The van der Waals surface area contributed by atoms with Gasteiger partial charge in [-0.3, -0.25) is 0 Å². The lowest BCUT2D eigenvalue weighted by atomic mass is 10.1. The molecule has 0 saturated heterocycles. The molecular weight excluding hydrogens is 378 g/mol. The highest BCUT2D eigenvalue weighted by Crippen LogP contribution is 2.30. The summed E-state index contributed by atoms with van der Waals surface area (Å²) < 4.78 is 35.7. The number of carbonyl (C=O) groups is 1. The van der Waals surface area contributed by atoms with Gasteiger partial charge in [-0.15, -0.1) is 0 Å². The van der Waals surface area contributed by atoms with Crippen molar-refractivity contribution in [2.45, 2.75) is 17.9 Å². The lowest BCUT2D eigenvalue weighted by Gasteiger charge is -2.13. The molecular formula is C18H16ClNO5S. The van der Waals surface area contributed by atoms with E-state index in [1.165, 1.54) is 13.2 Å². The van der Waals surface area contributed by atoms with Gasteiger partial charge in [0.2, 0.25) is 0 Å². The number of hydrogen-bond donors (Lipinski definition) is 0. The maximum atomic E-state index is 12.7. The predicted molar refractivity (Wildman–Crippen MR) is 97.3 cm³/mol. The van der Waals surface area contributed by atoms with Crippen molar-refractivity contribution in [2.75, 3.05) is 13.7 Å². The third-order valence-electron chi connectivity index (χ3n) is 3.94. The number of aliphatic imine (C=N–C) groups is 1. The molecule has 1 heterocycles. The second kappa shape index (κ2) is 7.09. The summed E-state index contributed by atoms with van der Waals surface area (Å²) in [6.07, 6.45) is -0.546. The molecule has 0 fully saturated rings. The fourth-order valence-corrected chi connectivity index (χ4v) is 4.32. The van der Waals surface area contributed by atoms with Crippen LogP contribution in [0.3, 0.4) is 0 Å². The number of nitrogens with zero attached hydrogens (tertiary/aromatic N) is 1. The normalized spacial score (nSPS) is 16.7. The zero-order valence-corrected chi connectivity index (χ0v) is 15.7. The highest BCUT2D eigenvalue weighted by molar-refractivity contribution is 8.06. The molecule has 0 spiro atoms. The maximum Gasteiger partial charge on any atom is 0.337 e. The fourth-order valence-electron chi connectivity index (χ4n) is 2.55. The van der Waals surface area contributed by atoms with Crippen LogP contribution in [0.1, 0.15) is 27.6 Å². The number of aryl methyl sites for hydroxylation is 1. The quantitative estimate of drug-likeness (QED) is 0.747. The Balaban J connectivity index is 1.80. The van der Waals surface area contributed by atoms with Crippen LogP contribution in [0.25, 0.3) is 0 Å². The molecule has 0 bridgehead atoms. The summed E-state index contributed by atoms with van der Waals surface area (Å²) in [5.41, 5.74) is 1.96. The third-order valence-corrected chi connectivity index (χ3v) is 5.98. The first-order chi connectivity index (χ1) is 12.3. The number of benzene rings is 2. The molecule has 26 heavy (non-hydrogen) atoms. The Morgan fingerprint density at radius 3 is 2.54 bits per heavy atom. The van der Waals surface area contributed by atoms with Gasteiger partial charge in [-0.25, -0.2) is 18.2 Å². The molecule has 0 aliphatic carbocycles. The summed E-state index contributed by atoms with van der Waals surface area (Å²) in [4.78, 5) is 15.5. The van der Waals surface area contributed by atoms with Crippen LogP contribution in [0.4, 0.5) is 0 Å². The van der Waals surface area contributed by atoms with Crippen LogP contribution >= 0.6 is 11.6 Å². The Labute approximate surface area is 156 Å². The van der Waals surface area contributed by atoms with Crippen molar-refractivity contribution in [1.29, 1.82) is 0 Å². The van der Waals surface area contributed by atoms with E-state index in [2.05, 4.69) is 9.73 Å². The molecule has 136 valence electrons. The lowest BCUT2D eigenvalue weighted by Crippen LogP contribution is -2.17. The van der Waals surface area contributed by atoms with Gasteiger partial charge in [-0.1, -0.05) is 29.8 Å². The number of hydrogen-bond acceptors (Lipinski definition) is 6. The molecule has 0 radical (unpaired) electrons. The Kier molecular flexibility index (Phi) is 5.02. The van der Waals surface area contributed by atoms with Gasteiger partial charge < -0.3 is 9.47 Å². The van der Waals surface area contributed by atoms with Gasteiger partial charge in [0.1, 0.15) is 6.10 Å². The second-order valence-corrected chi connectivity index (χ2v) is 7.97. The number of esters is 1. The van der Waals surface area contributed by atoms with E-state index in [1.54, 1.807) is 36.4 Å². The molecule has 1 unspecified atom stereocenters. The molecule has 0 saturated carbocycles. The largest absolute Gasteiger partial charge is 0.465 e. The fraction of sp³-hybridized carbons (Fsp3) is 0.222. The number of carbonyl (C=O) groups excluding carboxylic acids is 1. The molecule has 1 atom stereocenters. The van der Waals surface area contributed by atoms with Gasteiger partial charge in [0, 0.05) is 0 Å². The van der Waals surface area contributed by atoms with E-state index in [1.807, 2.05) is 6.92 Å². The van der Waals surface area contributed by atoms with E-state index >= 15 is 0 Å². The molecule has 0 amide bonds. The smallest absolute Gasteiger partial charge is 0.337 e. The summed E-state index contributed by atoms with van der Waals surface area (Å²) in [5.74, 6) is -0.447. The van der Waals surface area contributed by atoms with Crippen LogP contribution in [0.15, 0.2) is 52.4 Å². The first-order valence-electron chi connectivity index (χ1n) is 7.73. The van der Waals surface area contributed by atoms with Gasteiger partial charge in [-0.2, -0.15) is 0 Å². The number of rotatable bonds is 3. The lowest BCUT2D eigenvalue weighted by molar-refractivity contribution is 0.0600. The van der Waals surface area contributed by atoms with Crippen LogP contribution in [0.2, 0.25) is 5.02 Å². The monoisotopic (exact) mass is 393 g/mol. The van der Waals surface area contributed by atoms with Crippen LogP contribution in [0.5, 0.6) is 0 Å². The first-order valence-corrected chi connectivity index (χ1v) is 9.59. The Morgan fingerprint density at radius 2 is 1.92 bits per heavy atom.